The van der Waals surface area contributed by atoms with Crippen molar-refractivity contribution in [1.82, 2.24) is 0 Å². The smallest absolute Gasteiger partial charge is 0.309 e. The summed E-state index contributed by atoms with van der Waals surface area (Å²) in [6, 6.07) is 1.54. The van der Waals surface area contributed by atoms with Crippen LogP contribution in [0.3, 0.4) is 0 Å². The Balaban J connectivity index is 1.87. The minimum Gasteiger partial charge on any atom is -0.472 e. The van der Waals surface area contributed by atoms with Gasteiger partial charge in [0.1, 0.15) is 23.9 Å². The average molecular weight is 621 g/mol. The topological polar surface area (TPSA) is 185 Å². The van der Waals surface area contributed by atoms with Crippen molar-refractivity contribution in [2.75, 3.05) is 7.11 Å². The quantitative estimate of drug-likeness (QED) is 0.359. The zero-order valence-corrected chi connectivity index (χ0v) is 26.1. The number of carbonyl (C=O) groups excluding carboxylic acids is 5. The Morgan fingerprint density at radius 3 is 2.23 bits per heavy atom. The fourth-order valence-corrected chi connectivity index (χ4v) is 9.11. The highest BCUT2D eigenvalue weighted by molar-refractivity contribution is 5.95. The molecule has 2 aliphatic carbocycles. The lowest BCUT2D eigenvalue weighted by Crippen LogP contribution is -2.78. The van der Waals surface area contributed by atoms with Gasteiger partial charge in [-0.25, -0.2) is 0 Å². The van der Waals surface area contributed by atoms with Gasteiger partial charge in [0.15, 0.2) is 17.5 Å². The van der Waals surface area contributed by atoms with Crippen LogP contribution in [0.2, 0.25) is 0 Å². The van der Waals surface area contributed by atoms with Crippen LogP contribution >= 0.6 is 0 Å². The summed E-state index contributed by atoms with van der Waals surface area (Å²) in [5, 5.41) is 24.8. The summed E-state index contributed by atoms with van der Waals surface area (Å²) < 4.78 is 34.7. The van der Waals surface area contributed by atoms with Crippen molar-refractivity contribution in [2.24, 2.45) is 28.1 Å². The number of Topliss-reactive ketones (excluding diaryl/α,β-unsaturated/α-hetero) is 1. The highest BCUT2D eigenvalue weighted by Gasteiger charge is 2.84. The molecule has 2 N–H and O–H groups in total. The molecule has 0 unspecified atom stereocenters. The minimum atomic E-state index is -2.40. The van der Waals surface area contributed by atoms with Gasteiger partial charge in [0.05, 0.1) is 43.5 Å². The Labute approximate surface area is 254 Å². The summed E-state index contributed by atoms with van der Waals surface area (Å²) >= 11 is 0. The molecular weight excluding hydrogens is 580 g/mol. The Hall–Kier alpha value is -3.29. The zero-order valence-electron chi connectivity index (χ0n) is 26.1. The molecule has 13 nitrogen and oxygen atoms in total. The van der Waals surface area contributed by atoms with Gasteiger partial charge in [-0.2, -0.15) is 0 Å². The molecule has 0 aromatic carbocycles. The molecule has 0 radical (unpaired) electrons. The summed E-state index contributed by atoms with van der Waals surface area (Å²) in [6.45, 7) is 10.2. The number of hydrogen-bond acceptors (Lipinski definition) is 13. The van der Waals surface area contributed by atoms with Crippen molar-refractivity contribution in [3.8, 4) is 0 Å². The summed E-state index contributed by atoms with van der Waals surface area (Å²) in [7, 11) is 1.20. The third-order valence-corrected chi connectivity index (χ3v) is 11.2. The maximum atomic E-state index is 14.6. The number of aliphatic hydroxyl groups excluding tert-OH is 1. The molecule has 5 fully saturated rings. The fraction of sp³-hybridized carbons (Fsp3) is 0.710. The predicted octanol–water partition coefficient (Wildman–Crippen LogP) is 1.81. The first kappa shape index (κ1) is 32.1. The van der Waals surface area contributed by atoms with Gasteiger partial charge in [0, 0.05) is 36.7 Å². The number of hydrogen-bond donors (Lipinski definition) is 2. The van der Waals surface area contributed by atoms with E-state index in [0.29, 0.717) is 5.56 Å². The van der Waals surface area contributed by atoms with E-state index >= 15 is 0 Å². The number of ether oxygens (including phenoxy) is 5. The van der Waals surface area contributed by atoms with Crippen molar-refractivity contribution >= 4 is 29.7 Å². The standard InChI is InChI=1S/C31H40O13/c1-14(32)41-21-25(42-15(2)33)27(3,4)17(11-18(34)39-8)28(5)20-22(36)29(6)24(16-9-10-40-13-16)43-19(35)12-31(29,44-26(21)28)30(7,38)23(20)37/h9-10,13,17,20-22,24-26,36,38H,11-12H2,1-8H3/t17-,20-,21-,22-,24-,25+,26-,28-,29-,30+,31+/m0/s1. The Morgan fingerprint density at radius 1 is 1.05 bits per heavy atom. The number of cyclic esters (lactones) is 1. The molecule has 4 heterocycles. The van der Waals surface area contributed by atoms with E-state index in [4.69, 9.17) is 28.1 Å². The zero-order chi connectivity index (χ0) is 32.8. The summed E-state index contributed by atoms with van der Waals surface area (Å²) in [4.78, 5) is 66.1. The lowest BCUT2D eigenvalue weighted by atomic mass is 9.42. The molecule has 11 atom stereocenters. The van der Waals surface area contributed by atoms with E-state index in [9.17, 15) is 34.2 Å². The highest BCUT2D eigenvalue weighted by atomic mass is 16.6. The van der Waals surface area contributed by atoms with Gasteiger partial charge in [0.2, 0.25) is 0 Å². The van der Waals surface area contributed by atoms with Gasteiger partial charge < -0.3 is 38.3 Å². The van der Waals surface area contributed by atoms with E-state index in [2.05, 4.69) is 0 Å². The van der Waals surface area contributed by atoms with E-state index in [1.165, 1.54) is 33.5 Å². The number of aliphatic hydroxyl groups is 2. The number of methoxy groups -OCH3 is 1. The largest absolute Gasteiger partial charge is 0.472 e. The van der Waals surface area contributed by atoms with Gasteiger partial charge >= 0.3 is 23.9 Å². The normalized spacial score (nSPS) is 44.0. The van der Waals surface area contributed by atoms with Gasteiger partial charge in [-0.1, -0.05) is 27.7 Å². The Kier molecular flexibility index (Phi) is 7.38. The molecule has 6 rings (SSSR count). The van der Waals surface area contributed by atoms with Crippen molar-refractivity contribution in [1.29, 1.82) is 0 Å². The molecule has 44 heavy (non-hydrogen) atoms. The maximum absolute atomic E-state index is 14.6. The van der Waals surface area contributed by atoms with Gasteiger partial charge in [-0.3, -0.25) is 24.0 Å². The number of carbonyl (C=O) groups is 5. The third kappa shape index (κ3) is 3.97. The second kappa shape index (κ2) is 10.1. The first-order chi connectivity index (χ1) is 20.3. The molecule has 5 aliphatic rings. The summed E-state index contributed by atoms with van der Waals surface area (Å²) in [6.07, 6.45) is -5.12. The predicted molar refractivity (Wildman–Crippen MR) is 146 cm³/mol. The molecule has 0 amide bonds. The van der Waals surface area contributed by atoms with Gasteiger partial charge in [0.25, 0.3) is 0 Å². The number of fused-ring (bicyclic) bond motifs is 1. The Bertz CT molecular complexity index is 1380. The lowest BCUT2D eigenvalue weighted by Gasteiger charge is -2.63. The molecule has 3 aliphatic heterocycles. The summed E-state index contributed by atoms with van der Waals surface area (Å²) in [5.41, 5.74) is -8.67. The van der Waals surface area contributed by atoms with Crippen LogP contribution in [0.25, 0.3) is 0 Å². The van der Waals surface area contributed by atoms with Crippen molar-refractivity contribution < 1.29 is 62.3 Å². The number of furan rings is 1. The van der Waals surface area contributed by atoms with Crippen LogP contribution in [0.4, 0.5) is 0 Å². The second-order valence-corrected chi connectivity index (χ2v) is 13.7. The van der Waals surface area contributed by atoms with Crippen LogP contribution in [0.15, 0.2) is 23.0 Å². The first-order valence-electron chi connectivity index (χ1n) is 14.6. The molecular formula is C31H40O13. The van der Waals surface area contributed by atoms with Crippen molar-refractivity contribution in [2.45, 2.75) is 103 Å². The molecule has 242 valence electrons. The number of rotatable bonds is 5. The van der Waals surface area contributed by atoms with Crippen molar-refractivity contribution in [3.05, 3.63) is 24.2 Å². The molecule has 2 bridgehead atoms. The van der Waals surface area contributed by atoms with E-state index < -0.39 is 106 Å². The molecule has 1 spiro atoms. The number of esters is 4. The molecule has 2 saturated carbocycles. The number of ketones is 1. The highest BCUT2D eigenvalue weighted by Crippen LogP contribution is 2.72. The van der Waals surface area contributed by atoms with Crippen LogP contribution in [0.5, 0.6) is 0 Å². The van der Waals surface area contributed by atoms with Crippen LogP contribution in [-0.4, -0.2) is 82.6 Å². The Morgan fingerprint density at radius 2 is 1.68 bits per heavy atom. The van der Waals surface area contributed by atoms with E-state index in [0.717, 1.165) is 6.92 Å². The van der Waals surface area contributed by atoms with Gasteiger partial charge in [-0.05, 0) is 18.9 Å². The van der Waals surface area contributed by atoms with Crippen LogP contribution < -0.4 is 0 Å². The van der Waals surface area contributed by atoms with E-state index in [1.807, 2.05) is 0 Å². The second-order valence-electron chi connectivity index (χ2n) is 13.7. The monoisotopic (exact) mass is 620 g/mol. The van der Waals surface area contributed by atoms with Crippen LogP contribution in [0.1, 0.15) is 73.0 Å². The molecule has 1 aromatic heterocycles. The van der Waals surface area contributed by atoms with Gasteiger partial charge in [-0.15, -0.1) is 0 Å². The third-order valence-electron chi connectivity index (χ3n) is 11.2. The molecule has 1 aromatic rings. The minimum absolute atomic E-state index is 0.312. The maximum Gasteiger partial charge on any atom is 0.309 e. The van der Waals surface area contributed by atoms with Crippen LogP contribution in [0, 0.1) is 28.1 Å². The SMILES string of the molecule is COC(=O)C[C@H]1C(C)(C)[C@H](OC(C)=O)[C@H](OC(C)=O)[C@@H]2O[C@]34CC(=O)O[C@@H](c5ccoc5)[C@]3(C)[C@@H](O)[C@@H](C(=O)[C@@]4(C)O)[C@@]21C. The molecule has 13 heteroatoms. The molecule has 3 saturated heterocycles. The summed E-state index contributed by atoms with van der Waals surface area (Å²) in [5.74, 6) is -6.13. The lowest BCUT2D eigenvalue weighted by molar-refractivity contribution is -0.326. The van der Waals surface area contributed by atoms with Crippen LogP contribution in [-0.2, 0) is 47.7 Å². The fourth-order valence-electron chi connectivity index (χ4n) is 9.11. The van der Waals surface area contributed by atoms with E-state index in [1.54, 1.807) is 33.8 Å². The first-order valence-corrected chi connectivity index (χ1v) is 14.6. The van der Waals surface area contributed by atoms with Crippen molar-refractivity contribution in [3.63, 3.8) is 0 Å². The van der Waals surface area contributed by atoms with E-state index in [-0.39, 0.29) is 6.42 Å². The average Bonchev–Trinajstić information content (AvgIpc) is 3.43.